The van der Waals surface area contributed by atoms with Crippen molar-refractivity contribution in [3.63, 3.8) is 0 Å². The summed E-state index contributed by atoms with van der Waals surface area (Å²) in [4.78, 5) is 4.64. The van der Waals surface area contributed by atoms with E-state index in [1.165, 1.54) is 44.8 Å². The van der Waals surface area contributed by atoms with E-state index < -0.39 is 0 Å². The van der Waals surface area contributed by atoms with Gasteiger partial charge in [-0.3, -0.25) is 0 Å². The Bertz CT molecular complexity index is 1530. The molecule has 0 unspecified atom stereocenters. The van der Waals surface area contributed by atoms with Crippen LogP contribution in [0.5, 0.6) is 11.5 Å². The number of para-hydroxylation sites is 2. The molecule has 0 radical (unpaired) electrons. The smallest absolute Gasteiger partial charge is 0.161 e. The van der Waals surface area contributed by atoms with E-state index in [0.717, 1.165) is 37.4 Å². The summed E-state index contributed by atoms with van der Waals surface area (Å²) in [6.07, 6.45) is 2.21. The van der Waals surface area contributed by atoms with E-state index in [1.807, 2.05) is 0 Å². The Kier molecular flexibility index (Phi) is 5.18. The zero-order chi connectivity index (χ0) is 28.0. The lowest BCUT2D eigenvalue weighted by Crippen LogP contribution is -2.32. The molecule has 4 nitrogen and oxygen atoms in total. The van der Waals surface area contributed by atoms with Crippen molar-refractivity contribution in [3.8, 4) is 11.5 Å². The lowest BCUT2D eigenvalue weighted by Gasteiger charge is -2.34. The second-order valence-electron chi connectivity index (χ2n) is 13.8. The van der Waals surface area contributed by atoms with Gasteiger partial charge in [0.1, 0.15) is 11.5 Å². The Morgan fingerprint density at radius 2 is 0.951 bits per heavy atom. The maximum Gasteiger partial charge on any atom is 0.161 e. The Morgan fingerprint density at radius 1 is 0.537 bits per heavy atom. The lowest BCUT2D eigenvalue weighted by atomic mass is 9.72. The minimum Gasteiger partial charge on any atom is -0.473 e. The van der Waals surface area contributed by atoms with Crippen molar-refractivity contribution in [1.82, 2.24) is 0 Å². The lowest BCUT2D eigenvalue weighted by molar-refractivity contribution is 0.287. The molecule has 0 saturated heterocycles. The summed E-state index contributed by atoms with van der Waals surface area (Å²) in [5.41, 5.74) is 11.0. The molecule has 0 fully saturated rings. The normalized spacial score (nSPS) is 20.5. The van der Waals surface area contributed by atoms with Gasteiger partial charge in [0.2, 0.25) is 0 Å². The summed E-state index contributed by atoms with van der Waals surface area (Å²) in [6, 6.07) is 30.9. The first-order chi connectivity index (χ1) is 19.7. The van der Waals surface area contributed by atoms with Crippen LogP contribution in [0.3, 0.4) is 0 Å². The highest BCUT2D eigenvalue weighted by Gasteiger charge is 2.57. The molecule has 0 saturated carbocycles. The van der Waals surface area contributed by atoms with Gasteiger partial charge in [0, 0.05) is 41.0 Å². The summed E-state index contributed by atoms with van der Waals surface area (Å²) in [5.74, 6) is 2.10. The molecule has 41 heavy (non-hydrogen) atoms. The number of anilines is 2. The topological polar surface area (TPSA) is 24.9 Å². The Hall–Kier alpha value is -3.92. The summed E-state index contributed by atoms with van der Waals surface area (Å²) in [7, 11) is 0. The fourth-order valence-corrected chi connectivity index (χ4v) is 8.37. The minimum atomic E-state index is -0.0401. The van der Waals surface area contributed by atoms with Gasteiger partial charge in [-0.05, 0) is 94.5 Å². The summed E-state index contributed by atoms with van der Waals surface area (Å²) in [5, 5.41) is 0. The zero-order valence-corrected chi connectivity index (χ0v) is 24.5. The van der Waals surface area contributed by atoms with Gasteiger partial charge in [-0.25, -0.2) is 0 Å². The SMILES string of the molecule is CC1(C)CC2(CC(C)(C)c3cc4c(cc32)OCN(c2ccccc2)C4)c2cc3c(cc21)CN(c1ccccc1)CO3. The van der Waals surface area contributed by atoms with E-state index in [0.29, 0.717) is 13.5 Å². The van der Waals surface area contributed by atoms with E-state index in [2.05, 4.69) is 122 Å². The molecule has 4 aromatic rings. The van der Waals surface area contributed by atoms with Crippen molar-refractivity contribution >= 4 is 11.4 Å². The first-order valence-electron chi connectivity index (χ1n) is 14.9. The van der Waals surface area contributed by atoms with Crippen LogP contribution in [-0.4, -0.2) is 13.5 Å². The Labute approximate surface area is 243 Å². The Morgan fingerprint density at radius 3 is 1.37 bits per heavy atom. The van der Waals surface area contributed by atoms with Gasteiger partial charge in [0.25, 0.3) is 0 Å². The van der Waals surface area contributed by atoms with Gasteiger partial charge in [-0.1, -0.05) is 64.1 Å². The highest BCUT2D eigenvalue weighted by Crippen LogP contribution is 2.64. The number of benzene rings is 4. The fraction of sp³-hybridized carbons (Fsp3) is 0.351. The monoisotopic (exact) mass is 542 g/mol. The van der Waals surface area contributed by atoms with Crippen LogP contribution in [0.1, 0.15) is 73.9 Å². The molecule has 0 atom stereocenters. The number of hydrogen-bond acceptors (Lipinski definition) is 4. The molecule has 2 aliphatic heterocycles. The predicted molar refractivity (Wildman–Crippen MR) is 165 cm³/mol. The number of rotatable bonds is 2. The summed E-state index contributed by atoms with van der Waals surface area (Å²) in [6.45, 7) is 12.6. The minimum absolute atomic E-state index is 0.0401. The van der Waals surface area contributed by atoms with E-state index in [4.69, 9.17) is 9.47 Å². The van der Waals surface area contributed by atoms with Crippen molar-refractivity contribution in [2.45, 2.75) is 69.9 Å². The fourth-order valence-electron chi connectivity index (χ4n) is 8.37. The van der Waals surface area contributed by atoms with Crippen LogP contribution in [0, 0.1) is 0 Å². The third-order valence-electron chi connectivity index (χ3n) is 10.1. The van der Waals surface area contributed by atoms with Crippen molar-refractivity contribution in [2.24, 2.45) is 0 Å². The molecule has 0 amide bonds. The van der Waals surface area contributed by atoms with Crippen LogP contribution >= 0.6 is 0 Å². The van der Waals surface area contributed by atoms with Gasteiger partial charge in [0.05, 0.1) is 0 Å². The van der Waals surface area contributed by atoms with E-state index >= 15 is 0 Å². The molecule has 2 heterocycles. The zero-order valence-electron chi connectivity index (χ0n) is 24.5. The van der Waals surface area contributed by atoms with Crippen molar-refractivity contribution < 1.29 is 9.47 Å². The van der Waals surface area contributed by atoms with Crippen LogP contribution < -0.4 is 19.3 Å². The van der Waals surface area contributed by atoms with Gasteiger partial charge in [-0.15, -0.1) is 0 Å². The first kappa shape index (κ1) is 24.8. The molecule has 208 valence electrons. The van der Waals surface area contributed by atoms with E-state index in [1.54, 1.807) is 0 Å². The molecular weight excluding hydrogens is 504 g/mol. The molecule has 8 rings (SSSR count). The second-order valence-corrected chi connectivity index (χ2v) is 13.8. The maximum absolute atomic E-state index is 6.47. The van der Waals surface area contributed by atoms with Crippen molar-refractivity contribution in [3.05, 3.63) is 118 Å². The van der Waals surface area contributed by atoms with Crippen LogP contribution in [0.25, 0.3) is 0 Å². The molecule has 0 aromatic heterocycles. The van der Waals surface area contributed by atoms with Gasteiger partial charge in [0.15, 0.2) is 13.5 Å². The van der Waals surface area contributed by atoms with E-state index in [9.17, 15) is 0 Å². The predicted octanol–water partition coefficient (Wildman–Crippen LogP) is 8.05. The molecule has 4 aliphatic rings. The van der Waals surface area contributed by atoms with Crippen molar-refractivity contribution in [2.75, 3.05) is 23.3 Å². The highest BCUT2D eigenvalue weighted by atomic mass is 16.5. The molecule has 2 aliphatic carbocycles. The Balaban J connectivity index is 1.21. The van der Waals surface area contributed by atoms with Crippen LogP contribution in [0.4, 0.5) is 11.4 Å². The maximum atomic E-state index is 6.47. The highest BCUT2D eigenvalue weighted by molar-refractivity contribution is 5.65. The third kappa shape index (κ3) is 3.72. The van der Waals surface area contributed by atoms with Crippen LogP contribution in [0.2, 0.25) is 0 Å². The van der Waals surface area contributed by atoms with Crippen LogP contribution in [-0.2, 0) is 29.3 Å². The molecule has 4 heteroatoms. The standard InChI is InChI=1S/C37H38N2O2/c1-35(2)21-37(31-17-33-25(15-29(31)35)19-38(23-40-33)27-11-7-5-8-12-27)22-36(3,4)30-16-26-20-39(28-13-9-6-10-14-28)24-41-34(26)18-32(30)37/h5-18H,19-24H2,1-4H3. The van der Waals surface area contributed by atoms with Crippen molar-refractivity contribution in [1.29, 1.82) is 0 Å². The third-order valence-corrected chi connectivity index (χ3v) is 10.1. The number of hydrogen-bond donors (Lipinski definition) is 0. The summed E-state index contributed by atoms with van der Waals surface area (Å²) >= 11 is 0. The molecule has 0 bridgehead atoms. The number of nitrogens with zero attached hydrogens (tertiary/aromatic N) is 2. The van der Waals surface area contributed by atoms with E-state index in [-0.39, 0.29) is 16.2 Å². The molecule has 1 spiro atoms. The summed E-state index contributed by atoms with van der Waals surface area (Å²) < 4.78 is 12.9. The molecule has 0 N–H and O–H groups in total. The average Bonchev–Trinajstić information content (AvgIpc) is 3.34. The number of ether oxygens (including phenoxy) is 2. The largest absolute Gasteiger partial charge is 0.473 e. The van der Waals surface area contributed by atoms with Gasteiger partial charge < -0.3 is 19.3 Å². The molecule has 4 aromatic carbocycles. The van der Waals surface area contributed by atoms with Gasteiger partial charge >= 0.3 is 0 Å². The average molecular weight is 543 g/mol. The van der Waals surface area contributed by atoms with Gasteiger partial charge in [-0.2, -0.15) is 0 Å². The number of fused-ring (bicyclic) bond motifs is 6. The quantitative estimate of drug-likeness (QED) is 0.256. The molecular formula is C37H38N2O2. The van der Waals surface area contributed by atoms with Crippen LogP contribution in [0.15, 0.2) is 84.9 Å². The first-order valence-corrected chi connectivity index (χ1v) is 14.9. The second kappa shape index (κ2) is 8.55.